The quantitative estimate of drug-likeness (QED) is 0.626. The highest BCUT2D eigenvalue weighted by Crippen LogP contribution is 2.36. The molecule has 134 valence electrons. The Labute approximate surface area is 164 Å². The van der Waals surface area contributed by atoms with Gasteiger partial charge in [0.1, 0.15) is 0 Å². The molecule has 3 rings (SSSR count). The predicted molar refractivity (Wildman–Crippen MR) is 108 cm³/mol. The van der Waals surface area contributed by atoms with Crippen LogP contribution >= 0.6 is 34.7 Å². The second-order valence-electron chi connectivity index (χ2n) is 5.66. The lowest BCUT2D eigenvalue weighted by molar-refractivity contribution is -0.116. The largest absolute Gasteiger partial charge is 0.288 e. The van der Waals surface area contributed by atoms with Crippen LogP contribution in [0.2, 0.25) is 5.02 Å². The van der Waals surface area contributed by atoms with Gasteiger partial charge in [0.25, 0.3) is 0 Å². The summed E-state index contributed by atoms with van der Waals surface area (Å²) in [5, 5.41) is 1.08. The molecule has 0 atom stereocenters. The van der Waals surface area contributed by atoms with Crippen LogP contribution in [0.25, 0.3) is 10.2 Å². The minimum atomic E-state index is -0.179. The lowest BCUT2D eigenvalue weighted by Gasteiger charge is -2.19. The van der Waals surface area contributed by atoms with Gasteiger partial charge in [0, 0.05) is 19.3 Å². The van der Waals surface area contributed by atoms with Crippen LogP contribution in [0.3, 0.4) is 0 Å². The fourth-order valence-corrected chi connectivity index (χ4v) is 4.20. The first-order valence-corrected chi connectivity index (χ1v) is 10.0. The predicted octanol–water partition coefficient (Wildman–Crippen LogP) is 4.47. The van der Waals surface area contributed by atoms with Crippen LogP contribution in [0.1, 0.15) is 18.1 Å². The molecule has 8 heteroatoms. The summed E-state index contributed by atoms with van der Waals surface area (Å²) in [7, 11) is 0. The summed E-state index contributed by atoms with van der Waals surface area (Å²) in [5.41, 5.74) is 2.68. The van der Waals surface area contributed by atoms with E-state index in [1.165, 1.54) is 18.3 Å². The normalized spacial score (nSPS) is 10.9. The van der Waals surface area contributed by atoms with E-state index in [-0.39, 0.29) is 16.8 Å². The topological polar surface area (TPSA) is 63.2 Å². The molecule has 0 N–H and O–H groups in total. The van der Waals surface area contributed by atoms with Crippen molar-refractivity contribution < 1.29 is 9.59 Å². The molecule has 0 unspecified atom stereocenters. The van der Waals surface area contributed by atoms with Crippen LogP contribution < -0.4 is 4.90 Å². The van der Waals surface area contributed by atoms with Gasteiger partial charge in [-0.15, -0.1) is 0 Å². The molecule has 0 aliphatic heterocycles. The minimum Gasteiger partial charge on any atom is -0.288 e. The van der Waals surface area contributed by atoms with E-state index in [1.54, 1.807) is 17.3 Å². The Kier molecular flexibility index (Phi) is 5.90. The maximum absolute atomic E-state index is 12.8. The number of hydrogen-bond acceptors (Lipinski definition) is 6. The number of anilines is 1. The Bertz CT molecular complexity index is 921. The second kappa shape index (κ2) is 8.16. The molecule has 0 saturated heterocycles. The number of thiazole rings is 1. The zero-order valence-corrected chi connectivity index (χ0v) is 16.6. The van der Waals surface area contributed by atoms with E-state index < -0.39 is 0 Å². The van der Waals surface area contributed by atoms with Crippen LogP contribution in [-0.2, 0) is 16.1 Å². The first kappa shape index (κ1) is 18.8. The molecular weight excluding hydrogens is 390 g/mol. The number of aryl methyl sites for hydroxylation is 1. The van der Waals surface area contributed by atoms with E-state index in [1.807, 2.05) is 31.2 Å². The number of pyridine rings is 1. The zero-order valence-electron chi connectivity index (χ0n) is 14.2. The Balaban J connectivity index is 1.99. The van der Waals surface area contributed by atoms with Gasteiger partial charge in [0.2, 0.25) is 5.91 Å². The third-order valence-corrected chi connectivity index (χ3v) is 6.02. The molecular formula is C18H16ClN3O2S2. The van der Waals surface area contributed by atoms with Crippen LogP contribution in [0.5, 0.6) is 0 Å². The van der Waals surface area contributed by atoms with Gasteiger partial charge in [-0.1, -0.05) is 46.8 Å². The van der Waals surface area contributed by atoms with Gasteiger partial charge in [-0.25, -0.2) is 4.98 Å². The summed E-state index contributed by atoms with van der Waals surface area (Å²) in [5.74, 6) is -0.111. The minimum absolute atomic E-state index is 0.0677. The highest BCUT2D eigenvalue weighted by atomic mass is 35.5. The summed E-state index contributed by atoms with van der Waals surface area (Å²) in [6.45, 7) is 3.74. The van der Waals surface area contributed by atoms with Gasteiger partial charge >= 0.3 is 0 Å². The summed E-state index contributed by atoms with van der Waals surface area (Å²) >= 11 is 8.66. The molecule has 3 aromatic rings. The van der Waals surface area contributed by atoms with Crippen molar-refractivity contribution in [2.24, 2.45) is 0 Å². The van der Waals surface area contributed by atoms with E-state index in [9.17, 15) is 9.59 Å². The lowest BCUT2D eigenvalue weighted by atomic mass is 10.2. The molecule has 26 heavy (non-hydrogen) atoms. The van der Waals surface area contributed by atoms with Crippen LogP contribution in [0.15, 0.2) is 36.7 Å². The molecule has 0 spiro atoms. The third kappa shape index (κ3) is 4.23. The molecule has 2 heterocycles. The van der Waals surface area contributed by atoms with Crippen molar-refractivity contribution in [2.75, 3.05) is 10.7 Å². The van der Waals surface area contributed by atoms with E-state index in [0.717, 1.165) is 33.1 Å². The van der Waals surface area contributed by atoms with E-state index in [2.05, 4.69) is 9.97 Å². The standard InChI is InChI=1S/C18H16ClN3O2S2/c1-11-5-6-14(19)17-16(11)21-18(26-17)22(15(24)10-25-12(2)23)9-13-4-3-7-20-8-13/h3-8H,9-10H2,1-2H3. The number of rotatable bonds is 5. The van der Waals surface area contributed by atoms with Crippen molar-refractivity contribution in [3.63, 3.8) is 0 Å². The molecule has 0 fully saturated rings. The van der Waals surface area contributed by atoms with Crippen molar-refractivity contribution in [1.29, 1.82) is 0 Å². The van der Waals surface area contributed by atoms with Crippen LogP contribution in [-0.4, -0.2) is 26.7 Å². The Morgan fingerprint density at radius 1 is 1.31 bits per heavy atom. The van der Waals surface area contributed by atoms with E-state index in [4.69, 9.17) is 11.6 Å². The second-order valence-corrected chi connectivity index (χ2v) is 8.20. The molecule has 0 radical (unpaired) electrons. The number of nitrogens with zero attached hydrogens (tertiary/aromatic N) is 3. The van der Waals surface area contributed by atoms with Crippen molar-refractivity contribution in [2.45, 2.75) is 20.4 Å². The number of carbonyl (C=O) groups excluding carboxylic acids is 2. The molecule has 0 saturated carbocycles. The highest BCUT2D eigenvalue weighted by molar-refractivity contribution is 8.14. The van der Waals surface area contributed by atoms with Crippen molar-refractivity contribution in [3.05, 3.63) is 52.8 Å². The first-order chi connectivity index (χ1) is 12.5. The maximum Gasteiger partial charge on any atom is 0.239 e. The number of benzene rings is 1. The number of amides is 1. The van der Waals surface area contributed by atoms with Gasteiger partial charge < -0.3 is 0 Å². The molecule has 1 aromatic carbocycles. The summed E-state index contributed by atoms with van der Waals surface area (Å²) in [4.78, 5) is 34.3. The monoisotopic (exact) mass is 405 g/mol. The SMILES string of the molecule is CC(=O)SCC(=O)N(Cc1cccnc1)c1nc2c(C)ccc(Cl)c2s1. The fourth-order valence-electron chi connectivity index (χ4n) is 2.38. The number of fused-ring (bicyclic) bond motifs is 1. The molecule has 0 aliphatic carbocycles. The molecule has 0 aliphatic rings. The highest BCUT2D eigenvalue weighted by Gasteiger charge is 2.22. The maximum atomic E-state index is 12.8. The summed E-state index contributed by atoms with van der Waals surface area (Å²) in [6.07, 6.45) is 3.39. The molecule has 1 amide bonds. The molecule has 0 bridgehead atoms. The molecule has 5 nitrogen and oxygen atoms in total. The smallest absolute Gasteiger partial charge is 0.239 e. The Hall–Kier alpha value is -1.96. The van der Waals surface area contributed by atoms with Gasteiger partial charge in [0.05, 0.1) is 27.5 Å². The number of hydrogen-bond donors (Lipinski definition) is 0. The van der Waals surface area contributed by atoms with Crippen molar-refractivity contribution >= 4 is 61.1 Å². The number of carbonyl (C=O) groups is 2. The number of halogens is 1. The first-order valence-electron chi connectivity index (χ1n) is 7.84. The number of aromatic nitrogens is 2. The van der Waals surface area contributed by atoms with Crippen molar-refractivity contribution in [3.8, 4) is 0 Å². The Morgan fingerprint density at radius 3 is 2.77 bits per heavy atom. The van der Waals surface area contributed by atoms with E-state index >= 15 is 0 Å². The summed E-state index contributed by atoms with van der Waals surface area (Å²) < 4.78 is 0.852. The fraction of sp³-hybridized carbons (Fsp3) is 0.222. The molecule has 2 aromatic heterocycles. The third-order valence-electron chi connectivity index (χ3n) is 3.68. The van der Waals surface area contributed by atoms with Gasteiger partial charge in [-0.2, -0.15) is 0 Å². The Morgan fingerprint density at radius 2 is 2.12 bits per heavy atom. The summed E-state index contributed by atoms with van der Waals surface area (Å²) in [6, 6.07) is 7.46. The van der Waals surface area contributed by atoms with Crippen LogP contribution in [0, 0.1) is 6.92 Å². The van der Waals surface area contributed by atoms with Gasteiger partial charge in [-0.05, 0) is 30.2 Å². The average Bonchev–Trinajstić information content (AvgIpc) is 3.08. The van der Waals surface area contributed by atoms with Gasteiger partial charge in [-0.3, -0.25) is 19.5 Å². The van der Waals surface area contributed by atoms with E-state index in [0.29, 0.717) is 16.7 Å². The lowest BCUT2D eigenvalue weighted by Crippen LogP contribution is -2.32. The van der Waals surface area contributed by atoms with Crippen LogP contribution in [0.4, 0.5) is 5.13 Å². The number of thioether (sulfide) groups is 1. The average molecular weight is 406 g/mol. The van der Waals surface area contributed by atoms with Crippen molar-refractivity contribution in [1.82, 2.24) is 9.97 Å². The van der Waals surface area contributed by atoms with Gasteiger partial charge in [0.15, 0.2) is 10.2 Å². The zero-order chi connectivity index (χ0) is 18.7.